The Hall–Kier alpha value is -1.70. The summed E-state index contributed by atoms with van der Waals surface area (Å²) in [6, 6.07) is 1.53. The lowest BCUT2D eigenvalue weighted by molar-refractivity contribution is 0.0697. The first-order valence-electron chi connectivity index (χ1n) is 4.38. The maximum absolute atomic E-state index is 10.7. The van der Waals surface area contributed by atoms with Gasteiger partial charge in [-0.1, -0.05) is 0 Å². The van der Waals surface area contributed by atoms with E-state index < -0.39 is 5.97 Å². The number of carboxylic acid groups (broad SMARTS) is 1. The van der Waals surface area contributed by atoms with Crippen molar-refractivity contribution in [3.8, 4) is 0 Å². The molecule has 0 saturated carbocycles. The van der Waals surface area contributed by atoms with Crippen molar-refractivity contribution >= 4 is 21.9 Å². The molecule has 84 valence electrons. The minimum absolute atomic E-state index is 0.218. The number of tetrazole rings is 1. The molecule has 0 amide bonds. The van der Waals surface area contributed by atoms with Crippen molar-refractivity contribution in [2.45, 2.75) is 6.54 Å². The molecule has 0 fully saturated rings. The number of rotatable bonds is 3. The summed E-state index contributed by atoms with van der Waals surface area (Å²) in [5.41, 5.74) is 0.218. The van der Waals surface area contributed by atoms with Crippen molar-refractivity contribution in [3.05, 3.63) is 28.3 Å². The van der Waals surface area contributed by atoms with Gasteiger partial charge in [0.25, 0.3) is 0 Å². The van der Waals surface area contributed by atoms with E-state index in [2.05, 4.69) is 31.3 Å². The summed E-state index contributed by atoms with van der Waals surface area (Å²) in [6.45, 7) is 0.377. The standard InChI is InChI=1S/C8H8BrN5O2/c1-13-11-7(10-12-13)4-14-3-5(8(15)16)2-6(14)9/h2-3H,4H2,1H3,(H,15,16). The second-order valence-electron chi connectivity index (χ2n) is 3.18. The fourth-order valence-corrected chi connectivity index (χ4v) is 1.73. The highest BCUT2D eigenvalue weighted by Gasteiger charge is 2.11. The highest BCUT2D eigenvalue weighted by atomic mass is 79.9. The van der Waals surface area contributed by atoms with Crippen LogP contribution in [0.15, 0.2) is 16.9 Å². The summed E-state index contributed by atoms with van der Waals surface area (Å²) in [6.07, 6.45) is 1.52. The average Bonchev–Trinajstić information content (AvgIpc) is 2.75. The third-order valence-corrected chi connectivity index (χ3v) is 2.64. The van der Waals surface area contributed by atoms with Crippen molar-refractivity contribution in [1.29, 1.82) is 0 Å². The van der Waals surface area contributed by atoms with E-state index in [1.165, 1.54) is 17.1 Å². The molecule has 1 N–H and O–H groups in total. The van der Waals surface area contributed by atoms with Gasteiger partial charge in [-0.2, -0.15) is 4.80 Å². The number of hydrogen-bond acceptors (Lipinski definition) is 4. The van der Waals surface area contributed by atoms with Crippen molar-refractivity contribution in [2.75, 3.05) is 0 Å². The molecule has 0 aliphatic carbocycles. The first-order valence-corrected chi connectivity index (χ1v) is 5.17. The molecule has 2 rings (SSSR count). The largest absolute Gasteiger partial charge is 0.478 e. The quantitative estimate of drug-likeness (QED) is 0.889. The zero-order valence-corrected chi connectivity index (χ0v) is 9.92. The Kier molecular flexibility index (Phi) is 2.73. The predicted octanol–water partition coefficient (Wildman–Crippen LogP) is 0.521. The Morgan fingerprint density at radius 1 is 1.62 bits per heavy atom. The van der Waals surface area contributed by atoms with E-state index in [1.807, 2.05) is 0 Å². The number of aryl methyl sites for hydroxylation is 1. The van der Waals surface area contributed by atoms with Crippen molar-refractivity contribution in [1.82, 2.24) is 24.8 Å². The van der Waals surface area contributed by atoms with Crippen LogP contribution in [0.25, 0.3) is 0 Å². The SMILES string of the molecule is Cn1nnc(Cn2cc(C(=O)O)cc2Br)n1. The molecule has 0 aliphatic heterocycles. The average molecular weight is 286 g/mol. The first kappa shape index (κ1) is 10.8. The molecule has 0 radical (unpaired) electrons. The monoisotopic (exact) mass is 285 g/mol. The number of hydrogen-bond donors (Lipinski definition) is 1. The Bertz CT molecular complexity index is 532. The fourth-order valence-electron chi connectivity index (χ4n) is 1.26. The molecule has 0 aliphatic rings. The van der Waals surface area contributed by atoms with E-state index in [1.54, 1.807) is 11.6 Å². The van der Waals surface area contributed by atoms with Crippen LogP contribution in [0.2, 0.25) is 0 Å². The van der Waals surface area contributed by atoms with Gasteiger partial charge in [0.15, 0.2) is 5.82 Å². The van der Waals surface area contributed by atoms with Gasteiger partial charge in [-0.3, -0.25) is 0 Å². The summed E-state index contributed by atoms with van der Waals surface area (Å²) >= 11 is 3.27. The van der Waals surface area contributed by atoms with Crippen LogP contribution in [0.3, 0.4) is 0 Å². The van der Waals surface area contributed by atoms with Gasteiger partial charge in [0.1, 0.15) is 0 Å². The van der Waals surface area contributed by atoms with E-state index in [0.29, 0.717) is 17.0 Å². The van der Waals surface area contributed by atoms with Crippen LogP contribution in [0.1, 0.15) is 16.2 Å². The van der Waals surface area contributed by atoms with E-state index in [0.717, 1.165) is 0 Å². The number of carboxylic acids is 1. The summed E-state index contributed by atoms with van der Waals surface area (Å²) < 4.78 is 2.36. The van der Waals surface area contributed by atoms with Crippen LogP contribution in [-0.2, 0) is 13.6 Å². The van der Waals surface area contributed by atoms with Crippen LogP contribution in [0, 0.1) is 0 Å². The molecule has 0 saturated heterocycles. The number of halogens is 1. The smallest absolute Gasteiger partial charge is 0.337 e. The number of aromatic carboxylic acids is 1. The summed E-state index contributed by atoms with van der Waals surface area (Å²) in [4.78, 5) is 12.1. The molecule has 8 heteroatoms. The van der Waals surface area contributed by atoms with Gasteiger partial charge in [-0.05, 0) is 27.2 Å². The van der Waals surface area contributed by atoms with Gasteiger partial charge >= 0.3 is 5.97 Å². The van der Waals surface area contributed by atoms with Crippen LogP contribution < -0.4 is 0 Å². The van der Waals surface area contributed by atoms with E-state index in [-0.39, 0.29) is 5.56 Å². The zero-order chi connectivity index (χ0) is 11.7. The van der Waals surface area contributed by atoms with Gasteiger partial charge < -0.3 is 9.67 Å². The van der Waals surface area contributed by atoms with Gasteiger partial charge in [-0.15, -0.1) is 10.2 Å². The minimum Gasteiger partial charge on any atom is -0.478 e. The number of aromatic nitrogens is 5. The Morgan fingerprint density at radius 3 is 2.88 bits per heavy atom. The van der Waals surface area contributed by atoms with E-state index in [4.69, 9.17) is 5.11 Å². The molecular formula is C8H8BrN5O2. The Balaban J connectivity index is 2.24. The number of carbonyl (C=O) groups is 1. The molecule has 2 aromatic rings. The van der Waals surface area contributed by atoms with Gasteiger partial charge in [0.05, 0.1) is 23.8 Å². The summed E-state index contributed by atoms with van der Waals surface area (Å²) in [5.74, 6) is -0.442. The van der Waals surface area contributed by atoms with Crippen LogP contribution in [0.4, 0.5) is 0 Å². The van der Waals surface area contributed by atoms with E-state index >= 15 is 0 Å². The lowest BCUT2D eigenvalue weighted by atomic mass is 10.4. The van der Waals surface area contributed by atoms with Gasteiger partial charge in [0.2, 0.25) is 0 Å². The first-order chi connectivity index (χ1) is 7.56. The summed E-state index contributed by atoms with van der Waals surface area (Å²) in [5, 5.41) is 20.3. The van der Waals surface area contributed by atoms with Gasteiger partial charge in [0, 0.05) is 6.20 Å². The zero-order valence-electron chi connectivity index (χ0n) is 8.33. The molecule has 0 unspecified atom stereocenters. The highest BCUT2D eigenvalue weighted by Crippen LogP contribution is 2.16. The second kappa shape index (κ2) is 4.05. The molecule has 0 atom stereocenters. The lowest BCUT2D eigenvalue weighted by Gasteiger charge is -1.99. The molecule has 0 aromatic carbocycles. The molecule has 7 nitrogen and oxygen atoms in total. The Morgan fingerprint density at radius 2 is 2.38 bits per heavy atom. The molecule has 0 bridgehead atoms. The van der Waals surface area contributed by atoms with E-state index in [9.17, 15) is 4.79 Å². The van der Waals surface area contributed by atoms with Crippen molar-refractivity contribution < 1.29 is 9.90 Å². The Labute approximate surface area is 98.8 Å². The maximum atomic E-state index is 10.7. The van der Waals surface area contributed by atoms with Crippen LogP contribution >= 0.6 is 15.9 Å². The highest BCUT2D eigenvalue weighted by molar-refractivity contribution is 9.10. The molecule has 2 aromatic heterocycles. The third kappa shape index (κ3) is 2.11. The minimum atomic E-state index is -0.966. The second-order valence-corrected chi connectivity index (χ2v) is 3.99. The fraction of sp³-hybridized carbons (Fsp3) is 0.250. The van der Waals surface area contributed by atoms with Crippen LogP contribution in [0.5, 0.6) is 0 Å². The topological polar surface area (TPSA) is 85.8 Å². The van der Waals surface area contributed by atoms with Crippen molar-refractivity contribution in [3.63, 3.8) is 0 Å². The third-order valence-electron chi connectivity index (χ3n) is 1.95. The molecular weight excluding hydrogens is 278 g/mol. The van der Waals surface area contributed by atoms with Crippen LogP contribution in [-0.4, -0.2) is 35.9 Å². The normalized spacial score (nSPS) is 10.6. The van der Waals surface area contributed by atoms with Crippen molar-refractivity contribution in [2.24, 2.45) is 7.05 Å². The maximum Gasteiger partial charge on any atom is 0.337 e. The van der Waals surface area contributed by atoms with Gasteiger partial charge in [-0.25, -0.2) is 4.79 Å². The predicted molar refractivity (Wildman–Crippen MR) is 57.0 cm³/mol. The number of nitrogens with zero attached hydrogens (tertiary/aromatic N) is 5. The summed E-state index contributed by atoms with van der Waals surface area (Å²) in [7, 11) is 1.67. The molecule has 2 heterocycles. The molecule has 16 heavy (non-hydrogen) atoms. The molecule has 0 spiro atoms. The lowest BCUT2D eigenvalue weighted by Crippen LogP contribution is -2.02.